The summed E-state index contributed by atoms with van der Waals surface area (Å²) < 4.78 is 9.46. The molecule has 5 heteroatoms. The van der Waals surface area contributed by atoms with E-state index in [2.05, 4.69) is 316 Å². The van der Waals surface area contributed by atoms with Gasteiger partial charge < -0.3 is 18.3 Å². The van der Waals surface area contributed by atoms with Crippen molar-refractivity contribution in [3.05, 3.63) is 310 Å². The summed E-state index contributed by atoms with van der Waals surface area (Å²) in [6.07, 6.45) is 3.93. The minimum Gasteiger partial charge on any atom is -0.309 e. The molecule has 0 amide bonds. The van der Waals surface area contributed by atoms with E-state index in [1.165, 1.54) is 110 Å². The van der Waals surface area contributed by atoms with Crippen LogP contribution >= 0.6 is 0 Å². The Morgan fingerprint density at radius 1 is 0.171 bits per heavy atom. The first-order chi connectivity index (χ1) is 40.7. The lowest BCUT2D eigenvalue weighted by molar-refractivity contribution is 1.18. The van der Waals surface area contributed by atoms with Crippen LogP contribution in [0.25, 0.3) is 143 Å². The Morgan fingerprint density at radius 2 is 0.439 bits per heavy atom. The summed E-state index contributed by atoms with van der Waals surface area (Å²) in [5, 5.41) is 10.1. The van der Waals surface area contributed by atoms with Crippen molar-refractivity contribution in [3.8, 4) is 56.1 Å². The van der Waals surface area contributed by atoms with Crippen molar-refractivity contribution in [2.24, 2.45) is 0 Å². The fourth-order valence-corrected chi connectivity index (χ4v) is 12.8. The molecule has 82 heavy (non-hydrogen) atoms. The molecule has 5 heterocycles. The number of para-hydroxylation sites is 8. The van der Waals surface area contributed by atoms with E-state index < -0.39 is 0 Å². The molecule has 0 unspecified atom stereocenters. The molecule has 0 saturated carbocycles. The van der Waals surface area contributed by atoms with E-state index in [0.717, 1.165) is 33.6 Å². The van der Waals surface area contributed by atoms with E-state index in [0.29, 0.717) is 0 Å². The molecule has 0 fully saturated rings. The van der Waals surface area contributed by atoms with Crippen LogP contribution in [0.4, 0.5) is 0 Å². The van der Waals surface area contributed by atoms with Gasteiger partial charge >= 0.3 is 0 Å². The van der Waals surface area contributed by atoms with Crippen LogP contribution in [0.2, 0.25) is 0 Å². The lowest BCUT2D eigenvalue weighted by Crippen LogP contribution is -1.95. The van der Waals surface area contributed by atoms with Crippen LogP contribution in [0.1, 0.15) is 0 Å². The first kappa shape index (κ1) is 47.0. The predicted molar refractivity (Wildman–Crippen MR) is 344 cm³/mol. The minimum atomic E-state index is 1.09. The maximum atomic E-state index is 4.71. The number of nitrogens with zero attached hydrogens (tertiary/aromatic N) is 5. The second-order valence-corrected chi connectivity index (χ2v) is 21.1. The van der Waals surface area contributed by atoms with Gasteiger partial charge in [0, 0.05) is 89.4 Å². The van der Waals surface area contributed by atoms with Crippen molar-refractivity contribution in [1.29, 1.82) is 0 Å². The van der Waals surface area contributed by atoms with Gasteiger partial charge in [-0.3, -0.25) is 4.98 Å². The molecule has 5 aromatic heterocycles. The highest BCUT2D eigenvalue weighted by molar-refractivity contribution is 6.14. The molecule has 0 atom stereocenters. The van der Waals surface area contributed by atoms with Crippen molar-refractivity contribution in [3.63, 3.8) is 0 Å². The molecule has 0 saturated heterocycles. The van der Waals surface area contributed by atoms with Crippen LogP contribution < -0.4 is 0 Å². The van der Waals surface area contributed by atoms with Crippen molar-refractivity contribution < 1.29 is 0 Å². The van der Waals surface area contributed by atoms with Crippen molar-refractivity contribution >= 4 is 87.2 Å². The van der Waals surface area contributed by atoms with Gasteiger partial charge in [0.1, 0.15) is 0 Å². The fourth-order valence-electron chi connectivity index (χ4n) is 12.8. The zero-order valence-corrected chi connectivity index (χ0v) is 44.7. The van der Waals surface area contributed by atoms with Crippen LogP contribution in [0, 0.1) is 0 Å². The molecule has 12 aromatic carbocycles. The summed E-state index contributed by atoms with van der Waals surface area (Å²) >= 11 is 0. The molecule has 17 rings (SSSR count). The second-order valence-electron chi connectivity index (χ2n) is 21.1. The summed E-state index contributed by atoms with van der Waals surface area (Å²) in [7, 11) is 0. The van der Waals surface area contributed by atoms with Gasteiger partial charge in [-0.15, -0.1) is 0 Å². The van der Waals surface area contributed by atoms with Gasteiger partial charge in [-0.25, -0.2) is 0 Å². The maximum Gasteiger partial charge on any atom is 0.0541 e. The van der Waals surface area contributed by atoms with Gasteiger partial charge in [0.05, 0.1) is 44.1 Å². The summed E-state index contributed by atoms with van der Waals surface area (Å²) in [5.41, 5.74) is 21.3. The Bertz CT molecular complexity index is 4850. The number of aromatic nitrogens is 5. The Kier molecular flexibility index (Phi) is 11.1. The fraction of sp³-hybridized carbons (Fsp3) is 0. The number of pyridine rings is 1. The van der Waals surface area contributed by atoms with Crippen LogP contribution in [0.15, 0.2) is 310 Å². The summed E-state index contributed by atoms with van der Waals surface area (Å²) in [6.45, 7) is 0. The molecule has 0 radical (unpaired) electrons. The lowest BCUT2D eigenvalue weighted by Gasteiger charge is -2.12. The topological polar surface area (TPSA) is 32.6 Å². The molecule has 5 nitrogen and oxygen atoms in total. The van der Waals surface area contributed by atoms with E-state index in [-0.39, 0.29) is 0 Å². The van der Waals surface area contributed by atoms with Crippen molar-refractivity contribution in [1.82, 2.24) is 23.3 Å². The molecule has 0 aliphatic heterocycles. The summed E-state index contributed by atoms with van der Waals surface area (Å²) in [5.74, 6) is 0. The first-order valence-corrected chi connectivity index (χ1v) is 28.0. The van der Waals surface area contributed by atoms with Crippen LogP contribution in [0.5, 0.6) is 0 Å². The SMILES string of the molecule is c1cc(-c2cncc(-c3cccc(-n4c5ccccc5c5ccccc54)c3)c2)cc(-n2c3ccccc3c3ccccc32)c1.c1ccc(-n2c3ccccc3c3cc(-c4ccc5c(c4)c4ccccc4n5-c4ccccc4)ccc32)cc1. The number of benzene rings is 12. The number of hydrogen-bond donors (Lipinski definition) is 0. The Labute approximate surface area is 473 Å². The number of rotatable bonds is 7. The van der Waals surface area contributed by atoms with Gasteiger partial charge in [0.25, 0.3) is 0 Å². The molecule has 0 aliphatic carbocycles. The molecule has 384 valence electrons. The number of hydrogen-bond acceptors (Lipinski definition) is 1. The van der Waals surface area contributed by atoms with Crippen LogP contribution in [0.3, 0.4) is 0 Å². The van der Waals surface area contributed by atoms with E-state index in [4.69, 9.17) is 4.98 Å². The standard InChI is InChI=1S/C41H27N3.C36H24N2/c1-5-19-38-34(15-1)35-16-2-6-20-39(35)43(38)32-13-9-11-28(24-32)30-23-31(27-42-26-30)29-12-10-14-33(25-29)44-40-21-7-3-17-36(40)37-18-4-8-22-41(37)44;1-3-11-27(12-4-1)37-33-17-9-7-15-29(33)31-23-25(19-21-35(31)37)26-20-22-36-32(24-26)30-16-8-10-18-34(30)38(36)28-13-5-2-6-14-28/h1-27H;1-24H. The maximum absolute atomic E-state index is 4.71. The highest BCUT2D eigenvalue weighted by Gasteiger charge is 2.18. The largest absolute Gasteiger partial charge is 0.309 e. The predicted octanol–water partition coefficient (Wildman–Crippen LogP) is 20.2. The third-order valence-corrected chi connectivity index (χ3v) is 16.5. The molecule has 0 spiro atoms. The Balaban J connectivity index is 0.000000136. The highest BCUT2D eigenvalue weighted by atomic mass is 15.0. The van der Waals surface area contributed by atoms with Crippen molar-refractivity contribution in [2.75, 3.05) is 0 Å². The van der Waals surface area contributed by atoms with Gasteiger partial charge in [-0.1, -0.05) is 182 Å². The van der Waals surface area contributed by atoms with Crippen LogP contribution in [-0.2, 0) is 0 Å². The molecule has 17 aromatic rings. The second kappa shape index (κ2) is 19.4. The van der Waals surface area contributed by atoms with Crippen molar-refractivity contribution in [2.45, 2.75) is 0 Å². The lowest BCUT2D eigenvalue weighted by atomic mass is 10.0. The molecule has 0 aliphatic rings. The zero-order chi connectivity index (χ0) is 54.1. The highest BCUT2D eigenvalue weighted by Crippen LogP contribution is 2.40. The molecule has 0 N–H and O–H groups in total. The minimum absolute atomic E-state index is 1.09. The Morgan fingerprint density at radius 3 is 0.793 bits per heavy atom. The molecular weight excluding hydrogens is 995 g/mol. The third kappa shape index (κ3) is 7.74. The smallest absolute Gasteiger partial charge is 0.0541 e. The third-order valence-electron chi connectivity index (χ3n) is 16.5. The van der Waals surface area contributed by atoms with Gasteiger partial charge in [0.2, 0.25) is 0 Å². The summed E-state index contributed by atoms with van der Waals surface area (Å²) in [4.78, 5) is 4.71. The molecular formula is C77H51N5. The number of fused-ring (bicyclic) bond motifs is 12. The van der Waals surface area contributed by atoms with Crippen LogP contribution in [-0.4, -0.2) is 23.3 Å². The zero-order valence-electron chi connectivity index (χ0n) is 44.7. The Hall–Kier alpha value is -11.0. The average Bonchev–Trinajstić information content (AvgIpc) is 4.40. The quantitative estimate of drug-likeness (QED) is 0.157. The first-order valence-electron chi connectivity index (χ1n) is 28.0. The summed E-state index contributed by atoms with van der Waals surface area (Å²) in [6, 6.07) is 107. The van der Waals surface area contributed by atoms with E-state index in [1.54, 1.807) is 0 Å². The van der Waals surface area contributed by atoms with Gasteiger partial charge in [-0.2, -0.15) is 0 Å². The molecule has 0 bridgehead atoms. The monoisotopic (exact) mass is 1050 g/mol. The normalized spacial score (nSPS) is 11.7. The van der Waals surface area contributed by atoms with Gasteiger partial charge in [0.15, 0.2) is 0 Å². The van der Waals surface area contributed by atoms with E-state index >= 15 is 0 Å². The average molecular weight is 1050 g/mol. The van der Waals surface area contributed by atoms with E-state index in [1.807, 2.05) is 12.4 Å². The van der Waals surface area contributed by atoms with Gasteiger partial charge in [-0.05, 0) is 138 Å². The van der Waals surface area contributed by atoms with E-state index in [9.17, 15) is 0 Å².